The molecular formula is C18H23BrIN5S. The maximum atomic E-state index is 4.75. The van der Waals surface area contributed by atoms with Gasteiger partial charge >= 0.3 is 0 Å². The van der Waals surface area contributed by atoms with Gasteiger partial charge in [-0.2, -0.15) is 0 Å². The topological polar surface area (TPSA) is 44.9 Å². The van der Waals surface area contributed by atoms with Gasteiger partial charge in [0.25, 0.3) is 0 Å². The van der Waals surface area contributed by atoms with Crippen molar-refractivity contribution in [2.24, 2.45) is 4.99 Å². The van der Waals surface area contributed by atoms with Crippen LogP contribution in [0, 0.1) is 0 Å². The van der Waals surface area contributed by atoms with Gasteiger partial charge in [-0.05, 0) is 52.9 Å². The minimum Gasteiger partial charge on any atom is -0.357 e. The predicted molar refractivity (Wildman–Crippen MR) is 124 cm³/mol. The molecule has 0 aliphatic heterocycles. The van der Waals surface area contributed by atoms with Gasteiger partial charge in [-0.25, -0.2) is 9.98 Å². The number of nitrogens with one attached hydrogen (secondary N) is 1. The molecule has 3 rings (SSSR count). The number of nitrogens with zero attached hydrogens (tertiary/aromatic N) is 4. The smallest absolute Gasteiger partial charge is 0.194 e. The fourth-order valence-corrected chi connectivity index (χ4v) is 3.61. The summed E-state index contributed by atoms with van der Waals surface area (Å²) in [5.74, 6) is 0.914. The maximum absolute atomic E-state index is 4.75. The van der Waals surface area contributed by atoms with Crippen molar-refractivity contribution < 1.29 is 0 Å². The number of guanidine groups is 1. The lowest BCUT2D eigenvalue weighted by Crippen LogP contribution is -2.39. The molecule has 0 radical (unpaired) electrons. The van der Waals surface area contributed by atoms with Gasteiger partial charge in [0.2, 0.25) is 0 Å². The summed E-state index contributed by atoms with van der Waals surface area (Å²) in [5, 5.41) is 5.48. The Hall–Kier alpha value is -1.13. The van der Waals surface area contributed by atoms with E-state index >= 15 is 0 Å². The molecule has 0 bridgehead atoms. The Kier molecular flexibility index (Phi) is 8.36. The number of imidazole rings is 1. The lowest BCUT2D eigenvalue weighted by Gasteiger charge is -2.21. The van der Waals surface area contributed by atoms with Crippen LogP contribution in [0.4, 0.5) is 0 Å². The van der Waals surface area contributed by atoms with Gasteiger partial charge < -0.3 is 14.6 Å². The molecule has 0 fully saturated rings. The number of hydrogen-bond acceptors (Lipinski definition) is 3. The Morgan fingerprint density at radius 2 is 2.19 bits per heavy atom. The van der Waals surface area contributed by atoms with Crippen molar-refractivity contribution in [2.45, 2.75) is 19.9 Å². The van der Waals surface area contributed by atoms with E-state index in [0.717, 1.165) is 41.3 Å². The third-order valence-corrected chi connectivity index (χ3v) is 5.23. The highest BCUT2D eigenvalue weighted by molar-refractivity contribution is 14.0. The zero-order valence-electron chi connectivity index (χ0n) is 14.9. The van der Waals surface area contributed by atoms with E-state index in [4.69, 9.17) is 4.99 Å². The standard InChI is InChI=1S/C18H22BrN5S.HI/c1-3-20-18(23(2)9-8-16-5-4-10-25-16)21-11-15-13-24-12-14(19)6-7-17(24)22-15;/h4-7,10,12-13H,3,8-9,11H2,1-2H3,(H,20,21);1H. The first-order chi connectivity index (χ1) is 12.2. The molecule has 3 heterocycles. The van der Waals surface area contributed by atoms with Crippen LogP contribution in [0.5, 0.6) is 0 Å². The Balaban J connectivity index is 0.00000243. The van der Waals surface area contributed by atoms with Crippen molar-refractivity contribution in [2.75, 3.05) is 20.1 Å². The van der Waals surface area contributed by atoms with E-state index in [1.165, 1.54) is 4.88 Å². The summed E-state index contributed by atoms with van der Waals surface area (Å²) in [5.41, 5.74) is 1.89. The van der Waals surface area contributed by atoms with Gasteiger partial charge in [-0.1, -0.05) is 6.07 Å². The number of pyridine rings is 1. The van der Waals surface area contributed by atoms with Crippen LogP contribution in [-0.4, -0.2) is 40.4 Å². The highest BCUT2D eigenvalue weighted by atomic mass is 127. The quantitative estimate of drug-likeness (QED) is 0.282. The number of aromatic nitrogens is 2. The van der Waals surface area contributed by atoms with Crippen LogP contribution in [0.2, 0.25) is 0 Å². The van der Waals surface area contributed by atoms with E-state index in [2.05, 4.69) is 62.6 Å². The number of hydrogen-bond donors (Lipinski definition) is 1. The molecule has 0 spiro atoms. The monoisotopic (exact) mass is 547 g/mol. The van der Waals surface area contributed by atoms with E-state index < -0.39 is 0 Å². The third kappa shape index (κ3) is 5.68. The molecular weight excluding hydrogens is 525 g/mol. The number of aliphatic imine (C=N–C) groups is 1. The molecule has 0 aromatic carbocycles. The molecule has 8 heteroatoms. The summed E-state index contributed by atoms with van der Waals surface area (Å²) in [4.78, 5) is 12.9. The van der Waals surface area contributed by atoms with Gasteiger partial charge in [0, 0.05) is 41.9 Å². The van der Waals surface area contributed by atoms with E-state index in [9.17, 15) is 0 Å². The molecule has 26 heavy (non-hydrogen) atoms. The first-order valence-corrected chi connectivity index (χ1v) is 9.98. The van der Waals surface area contributed by atoms with Crippen molar-refractivity contribution in [3.8, 4) is 0 Å². The summed E-state index contributed by atoms with van der Waals surface area (Å²) >= 11 is 5.29. The molecule has 140 valence electrons. The molecule has 3 aromatic rings. The molecule has 0 aliphatic carbocycles. The van der Waals surface area contributed by atoms with Crippen molar-refractivity contribution in [1.29, 1.82) is 0 Å². The Morgan fingerprint density at radius 3 is 2.92 bits per heavy atom. The van der Waals surface area contributed by atoms with E-state index in [-0.39, 0.29) is 24.0 Å². The summed E-state index contributed by atoms with van der Waals surface area (Å²) in [7, 11) is 2.08. The second-order valence-corrected chi connectivity index (χ2v) is 7.71. The average Bonchev–Trinajstić information content (AvgIpc) is 3.25. The van der Waals surface area contributed by atoms with E-state index in [1.807, 2.05) is 28.9 Å². The number of likely N-dealkylation sites (N-methyl/N-ethyl adjacent to an activating group) is 1. The van der Waals surface area contributed by atoms with Crippen LogP contribution < -0.4 is 5.32 Å². The normalized spacial score (nSPS) is 11.4. The summed E-state index contributed by atoms with van der Waals surface area (Å²) < 4.78 is 3.05. The number of halogens is 2. The van der Waals surface area contributed by atoms with Crippen LogP contribution in [0.1, 0.15) is 17.5 Å². The maximum Gasteiger partial charge on any atom is 0.194 e. The minimum atomic E-state index is 0. The van der Waals surface area contributed by atoms with Crippen LogP contribution in [0.3, 0.4) is 0 Å². The number of thiophene rings is 1. The molecule has 3 aromatic heterocycles. The Labute approximate surface area is 183 Å². The predicted octanol–water partition coefficient (Wildman–Crippen LogP) is 4.42. The van der Waals surface area contributed by atoms with Crippen LogP contribution in [0.25, 0.3) is 5.65 Å². The van der Waals surface area contributed by atoms with Gasteiger partial charge in [-0.15, -0.1) is 35.3 Å². The minimum absolute atomic E-state index is 0. The highest BCUT2D eigenvalue weighted by Gasteiger charge is 2.07. The molecule has 0 unspecified atom stereocenters. The molecule has 0 aliphatic rings. The summed E-state index contributed by atoms with van der Waals surface area (Å²) in [6.45, 7) is 4.43. The van der Waals surface area contributed by atoms with Crippen molar-refractivity contribution in [3.05, 3.63) is 57.1 Å². The molecule has 1 N–H and O–H groups in total. The third-order valence-electron chi connectivity index (χ3n) is 3.83. The Bertz CT molecular complexity index is 847. The van der Waals surface area contributed by atoms with Gasteiger partial charge in [0.15, 0.2) is 5.96 Å². The highest BCUT2D eigenvalue weighted by Crippen LogP contribution is 2.13. The average molecular weight is 548 g/mol. The number of rotatable bonds is 6. The summed E-state index contributed by atoms with van der Waals surface area (Å²) in [6, 6.07) is 8.27. The van der Waals surface area contributed by atoms with Crippen LogP contribution in [0.15, 0.2) is 51.5 Å². The fraction of sp³-hybridized carbons (Fsp3) is 0.333. The van der Waals surface area contributed by atoms with Gasteiger partial charge in [-0.3, -0.25) is 0 Å². The molecule has 0 saturated heterocycles. The van der Waals surface area contributed by atoms with Crippen molar-refractivity contribution >= 4 is 62.9 Å². The lowest BCUT2D eigenvalue weighted by molar-refractivity contribution is 0.486. The first kappa shape index (κ1) is 21.2. The second kappa shape index (κ2) is 10.3. The van der Waals surface area contributed by atoms with Gasteiger partial charge in [0.1, 0.15) is 5.65 Å². The molecule has 5 nitrogen and oxygen atoms in total. The zero-order valence-corrected chi connectivity index (χ0v) is 19.6. The first-order valence-electron chi connectivity index (χ1n) is 8.30. The molecule has 0 atom stereocenters. The summed E-state index contributed by atoms with van der Waals surface area (Å²) in [6.07, 6.45) is 5.06. The largest absolute Gasteiger partial charge is 0.357 e. The van der Waals surface area contributed by atoms with Gasteiger partial charge in [0.05, 0.1) is 12.2 Å². The zero-order chi connectivity index (χ0) is 17.6. The van der Waals surface area contributed by atoms with Crippen LogP contribution in [-0.2, 0) is 13.0 Å². The fourth-order valence-electron chi connectivity index (χ4n) is 2.56. The molecule has 0 saturated carbocycles. The molecule has 0 amide bonds. The van der Waals surface area contributed by atoms with Crippen LogP contribution >= 0.6 is 51.2 Å². The van der Waals surface area contributed by atoms with E-state index in [0.29, 0.717) is 6.54 Å². The van der Waals surface area contributed by atoms with Crippen molar-refractivity contribution in [1.82, 2.24) is 19.6 Å². The second-order valence-electron chi connectivity index (χ2n) is 5.77. The van der Waals surface area contributed by atoms with Crippen molar-refractivity contribution in [3.63, 3.8) is 0 Å². The Morgan fingerprint density at radius 1 is 1.35 bits per heavy atom. The lowest BCUT2D eigenvalue weighted by atomic mass is 10.3. The number of fused-ring (bicyclic) bond motifs is 1. The van der Waals surface area contributed by atoms with E-state index in [1.54, 1.807) is 11.3 Å². The SMILES string of the molecule is CCNC(=NCc1cn2cc(Br)ccc2n1)N(C)CCc1cccs1.I.